The predicted octanol–water partition coefficient (Wildman–Crippen LogP) is 3.23. The molecule has 2 aromatic rings. The van der Waals surface area contributed by atoms with Crippen molar-refractivity contribution in [2.75, 3.05) is 31.1 Å². The second kappa shape index (κ2) is 7.43. The number of likely N-dealkylation sites (tertiary alicyclic amines) is 1. The number of rotatable bonds is 5. The summed E-state index contributed by atoms with van der Waals surface area (Å²) in [6.07, 6.45) is 2.15. The molecule has 2 heterocycles. The summed E-state index contributed by atoms with van der Waals surface area (Å²) in [5.74, 6) is 1.44. The summed E-state index contributed by atoms with van der Waals surface area (Å²) in [5.41, 5.74) is 1.43. The van der Waals surface area contributed by atoms with Gasteiger partial charge in [0.2, 0.25) is 0 Å². The van der Waals surface area contributed by atoms with Gasteiger partial charge in [-0.1, -0.05) is 30.3 Å². The topological polar surface area (TPSA) is 49.3 Å². The van der Waals surface area contributed by atoms with E-state index in [1.165, 1.54) is 0 Å². The number of benzene rings is 1. The van der Waals surface area contributed by atoms with E-state index in [2.05, 4.69) is 23.7 Å². The smallest absolute Gasteiger partial charge is 0.272 e. The zero-order valence-corrected chi connectivity index (χ0v) is 14.4. The fourth-order valence-corrected chi connectivity index (χ4v) is 3.05. The molecule has 0 N–H and O–H groups in total. The summed E-state index contributed by atoms with van der Waals surface area (Å²) >= 11 is 0. The summed E-state index contributed by atoms with van der Waals surface area (Å²) in [7, 11) is 0. The molecule has 0 unspecified atom stereocenters. The van der Waals surface area contributed by atoms with E-state index in [0.717, 1.165) is 50.4 Å². The van der Waals surface area contributed by atoms with Crippen LogP contribution in [0.3, 0.4) is 0 Å². The van der Waals surface area contributed by atoms with Gasteiger partial charge in [0.05, 0.1) is 0 Å². The van der Waals surface area contributed by atoms with Crippen LogP contribution in [0.1, 0.15) is 37.2 Å². The number of aromatic nitrogens is 2. The van der Waals surface area contributed by atoms with Crippen LogP contribution in [-0.4, -0.2) is 47.0 Å². The van der Waals surface area contributed by atoms with E-state index >= 15 is 0 Å². The number of anilines is 1. The average molecular weight is 324 g/mol. The fraction of sp³-hybridized carbons (Fsp3) is 0.421. The van der Waals surface area contributed by atoms with Crippen LogP contribution < -0.4 is 4.90 Å². The molecule has 5 heteroatoms. The van der Waals surface area contributed by atoms with Crippen LogP contribution in [0.5, 0.6) is 0 Å². The molecule has 24 heavy (non-hydrogen) atoms. The highest BCUT2D eigenvalue weighted by Gasteiger charge is 2.23. The molecule has 1 amide bonds. The van der Waals surface area contributed by atoms with Crippen LogP contribution in [0.15, 0.2) is 36.4 Å². The Kier molecular flexibility index (Phi) is 5.08. The lowest BCUT2D eigenvalue weighted by Gasteiger charge is -2.22. The maximum atomic E-state index is 12.8. The van der Waals surface area contributed by atoms with Gasteiger partial charge in [0, 0.05) is 37.8 Å². The normalized spacial score (nSPS) is 14.0. The molecule has 5 nitrogen and oxygen atoms in total. The lowest BCUT2D eigenvalue weighted by atomic mass is 10.2. The molecular weight excluding hydrogens is 300 g/mol. The van der Waals surface area contributed by atoms with Crippen LogP contribution in [0, 0.1) is 0 Å². The molecule has 1 aliphatic heterocycles. The average Bonchev–Trinajstić information content (AvgIpc) is 3.17. The fourth-order valence-electron chi connectivity index (χ4n) is 3.05. The lowest BCUT2D eigenvalue weighted by Crippen LogP contribution is -2.30. The van der Waals surface area contributed by atoms with Gasteiger partial charge in [0.15, 0.2) is 5.82 Å². The van der Waals surface area contributed by atoms with Crippen LogP contribution >= 0.6 is 0 Å². The van der Waals surface area contributed by atoms with Crippen molar-refractivity contribution in [3.05, 3.63) is 42.1 Å². The second-order valence-corrected chi connectivity index (χ2v) is 5.97. The van der Waals surface area contributed by atoms with Crippen LogP contribution in [0.25, 0.3) is 11.4 Å². The van der Waals surface area contributed by atoms with Crippen molar-refractivity contribution in [2.45, 2.75) is 26.7 Å². The van der Waals surface area contributed by atoms with Gasteiger partial charge in [-0.3, -0.25) is 4.79 Å². The van der Waals surface area contributed by atoms with E-state index in [1.54, 1.807) is 0 Å². The molecule has 0 saturated carbocycles. The van der Waals surface area contributed by atoms with E-state index < -0.39 is 0 Å². The molecule has 1 saturated heterocycles. The Balaban J connectivity index is 2.04. The van der Waals surface area contributed by atoms with E-state index in [0.29, 0.717) is 11.5 Å². The molecule has 0 aliphatic carbocycles. The highest BCUT2D eigenvalue weighted by Crippen LogP contribution is 2.22. The minimum atomic E-state index is 0.0143. The Hall–Kier alpha value is -2.43. The van der Waals surface area contributed by atoms with Crippen molar-refractivity contribution < 1.29 is 4.79 Å². The maximum Gasteiger partial charge on any atom is 0.272 e. The molecule has 0 radical (unpaired) electrons. The minimum Gasteiger partial charge on any atom is -0.357 e. The number of amides is 1. The van der Waals surface area contributed by atoms with E-state index in [1.807, 2.05) is 41.3 Å². The third kappa shape index (κ3) is 3.40. The molecule has 3 rings (SSSR count). The van der Waals surface area contributed by atoms with Gasteiger partial charge >= 0.3 is 0 Å². The zero-order valence-electron chi connectivity index (χ0n) is 14.4. The standard InChI is InChI=1S/C19H24N4O/c1-3-22(4-2)17-14-16(19(24)23-12-8-9-13-23)20-18(21-17)15-10-6-5-7-11-15/h5-7,10-11,14H,3-4,8-9,12-13H2,1-2H3. The van der Waals surface area contributed by atoms with Crippen molar-refractivity contribution in [2.24, 2.45) is 0 Å². The highest BCUT2D eigenvalue weighted by atomic mass is 16.2. The number of carbonyl (C=O) groups excluding carboxylic acids is 1. The van der Waals surface area contributed by atoms with Crippen molar-refractivity contribution in [3.63, 3.8) is 0 Å². The molecule has 1 aromatic carbocycles. The number of carbonyl (C=O) groups is 1. The second-order valence-electron chi connectivity index (χ2n) is 5.97. The summed E-state index contributed by atoms with van der Waals surface area (Å²) in [6, 6.07) is 11.7. The predicted molar refractivity (Wildman–Crippen MR) is 96.2 cm³/mol. The molecule has 0 atom stereocenters. The Morgan fingerprint density at radius 2 is 1.75 bits per heavy atom. The van der Waals surface area contributed by atoms with Gasteiger partial charge in [-0.2, -0.15) is 0 Å². The number of hydrogen-bond acceptors (Lipinski definition) is 4. The van der Waals surface area contributed by atoms with Gasteiger partial charge in [-0.05, 0) is 26.7 Å². The van der Waals surface area contributed by atoms with Crippen LogP contribution in [0.2, 0.25) is 0 Å². The van der Waals surface area contributed by atoms with Gasteiger partial charge in [-0.25, -0.2) is 9.97 Å². The van der Waals surface area contributed by atoms with Crippen LogP contribution in [0.4, 0.5) is 5.82 Å². The quantitative estimate of drug-likeness (QED) is 0.847. The SMILES string of the molecule is CCN(CC)c1cc(C(=O)N2CCCC2)nc(-c2ccccc2)n1. The first kappa shape index (κ1) is 16.4. The summed E-state index contributed by atoms with van der Waals surface area (Å²) in [6.45, 7) is 7.53. The van der Waals surface area contributed by atoms with Crippen molar-refractivity contribution in [1.82, 2.24) is 14.9 Å². The molecule has 1 fully saturated rings. The largest absolute Gasteiger partial charge is 0.357 e. The monoisotopic (exact) mass is 324 g/mol. The zero-order chi connectivity index (χ0) is 16.9. The van der Waals surface area contributed by atoms with E-state index in [-0.39, 0.29) is 5.91 Å². The Morgan fingerprint density at radius 3 is 2.38 bits per heavy atom. The van der Waals surface area contributed by atoms with Crippen molar-refractivity contribution >= 4 is 11.7 Å². The Morgan fingerprint density at radius 1 is 1.08 bits per heavy atom. The Labute approximate surface area is 143 Å². The first-order chi connectivity index (χ1) is 11.7. The summed E-state index contributed by atoms with van der Waals surface area (Å²) in [5, 5.41) is 0. The molecule has 126 valence electrons. The molecule has 0 bridgehead atoms. The number of nitrogens with zero attached hydrogens (tertiary/aromatic N) is 4. The first-order valence-corrected chi connectivity index (χ1v) is 8.71. The van der Waals surface area contributed by atoms with Crippen molar-refractivity contribution in [3.8, 4) is 11.4 Å². The maximum absolute atomic E-state index is 12.8. The van der Waals surface area contributed by atoms with Crippen LogP contribution in [-0.2, 0) is 0 Å². The minimum absolute atomic E-state index is 0.0143. The van der Waals surface area contributed by atoms with Gasteiger partial charge < -0.3 is 9.80 Å². The lowest BCUT2D eigenvalue weighted by molar-refractivity contribution is 0.0787. The Bertz CT molecular complexity index is 692. The number of hydrogen-bond donors (Lipinski definition) is 0. The molecule has 1 aliphatic rings. The van der Waals surface area contributed by atoms with E-state index in [4.69, 9.17) is 4.98 Å². The third-order valence-corrected chi connectivity index (χ3v) is 4.44. The van der Waals surface area contributed by atoms with Crippen molar-refractivity contribution in [1.29, 1.82) is 0 Å². The molecular formula is C19H24N4O. The van der Waals surface area contributed by atoms with Gasteiger partial charge in [0.25, 0.3) is 5.91 Å². The molecule has 1 aromatic heterocycles. The molecule has 0 spiro atoms. The van der Waals surface area contributed by atoms with Gasteiger partial charge in [0.1, 0.15) is 11.5 Å². The van der Waals surface area contributed by atoms with Gasteiger partial charge in [-0.15, -0.1) is 0 Å². The third-order valence-electron chi connectivity index (χ3n) is 4.44. The highest BCUT2D eigenvalue weighted by molar-refractivity contribution is 5.93. The van der Waals surface area contributed by atoms with E-state index in [9.17, 15) is 4.79 Å². The first-order valence-electron chi connectivity index (χ1n) is 8.71. The summed E-state index contributed by atoms with van der Waals surface area (Å²) in [4.78, 5) is 26.1. The summed E-state index contributed by atoms with van der Waals surface area (Å²) < 4.78 is 0.